The summed E-state index contributed by atoms with van der Waals surface area (Å²) in [6, 6.07) is 0.928. The van der Waals surface area contributed by atoms with Gasteiger partial charge in [0, 0.05) is 12.1 Å². The highest BCUT2D eigenvalue weighted by Gasteiger charge is 2.22. The lowest BCUT2D eigenvalue weighted by Crippen LogP contribution is -2.40. The van der Waals surface area contributed by atoms with E-state index in [4.69, 9.17) is 0 Å². The van der Waals surface area contributed by atoms with E-state index in [9.17, 15) is 18.4 Å². The first kappa shape index (κ1) is 17.2. The smallest absolute Gasteiger partial charge is 0.340 e. The molecule has 0 aliphatic heterocycles. The Bertz CT molecular complexity index is 607. The van der Waals surface area contributed by atoms with Crippen LogP contribution in [0.5, 0.6) is 0 Å². The Kier molecular flexibility index (Phi) is 5.52. The first-order valence-electron chi connectivity index (χ1n) is 7.55. The van der Waals surface area contributed by atoms with Gasteiger partial charge in [-0.15, -0.1) is 0 Å². The number of carbonyl (C=O) groups excluding carboxylic acids is 2. The molecule has 1 aromatic rings. The van der Waals surface area contributed by atoms with Crippen LogP contribution < -0.4 is 10.6 Å². The number of benzene rings is 1. The molecule has 2 unspecified atom stereocenters. The van der Waals surface area contributed by atoms with Crippen molar-refractivity contribution < 1.29 is 23.1 Å². The van der Waals surface area contributed by atoms with Gasteiger partial charge in [-0.3, -0.25) is 0 Å². The molecule has 2 amide bonds. The number of anilines is 1. The Hall–Kier alpha value is -2.18. The predicted octanol–water partition coefficient (Wildman–Crippen LogP) is 3.45. The van der Waals surface area contributed by atoms with E-state index in [0.29, 0.717) is 12.0 Å². The first-order valence-corrected chi connectivity index (χ1v) is 7.55. The van der Waals surface area contributed by atoms with Crippen LogP contribution in [0.25, 0.3) is 0 Å². The minimum absolute atomic E-state index is 0.0299. The summed E-state index contributed by atoms with van der Waals surface area (Å²) in [6.45, 7) is 2.12. The molecule has 0 radical (unpaired) electrons. The molecule has 2 N–H and O–H groups in total. The van der Waals surface area contributed by atoms with Crippen LogP contribution in [0.1, 0.15) is 43.0 Å². The van der Waals surface area contributed by atoms with E-state index in [0.717, 1.165) is 38.9 Å². The number of hydrogen-bond donors (Lipinski definition) is 2. The molecule has 23 heavy (non-hydrogen) atoms. The van der Waals surface area contributed by atoms with Gasteiger partial charge in [-0.2, -0.15) is 0 Å². The summed E-state index contributed by atoms with van der Waals surface area (Å²) >= 11 is 0. The van der Waals surface area contributed by atoms with E-state index in [1.807, 2.05) is 0 Å². The number of methoxy groups -OCH3 is 1. The van der Waals surface area contributed by atoms with Gasteiger partial charge in [0.15, 0.2) is 0 Å². The maximum atomic E-state index is 13.8. The van der Waals surface area contributed by atoms with Crippen LogP contribution in [0, 0.1) is 17.6 Å². The van der Waals surface area contributed by atoms with Crippen LogP contribution in [0.3, 0.4) is 0 Å². The van der Waals surface area contributed by atoms with Crippen molar-refractivity contribution >= 4 is 17.7 Å². The lowest BCUT2D eigenvalue weighted by atomic mass is 9.87. The summed E-state index contributed by atoms with van der Waals surface area (Å²) in [4.78, 5) is 23.4. The quantitative estimate of drug-likeness (QED) is 0.836. The molecule has 5 nitrogen and oxygen atoms in total. The highest BCUT2D eigenvalue weighted by Crippen LogP contribution is 2.24. The summed E-state index contributed by atoms with van der Waals surface area (Å²) < 4.78 is 31.7. The topological polar surface area (TPSA) is 67.4 Å². The van der Waals surface area contributed by atoms with Crippen LogP contribution in [0.15, 0.2) is 12.1 Å². The molecular weight excluding hydrogens is 306 g/mol. The van der Waals surface area contributed by atoms with Crippen molar-refractivity contribution in [2.45, 2.75) is 38.6 Å². The number of ether oxygens (including phenoxy) is 1. The van der Waals surface area contributed by atoms with Crippen LogP contribution in [0.2, 0.25) is 0 Å². The highest BCUT2D eigenvalue weighted by atomic mass is 19.1. The minimum atomic E-state index is -1.04. The molecule has 2 rings (SSSR count). The predicted molar refractivity (Wildman–Crippen MR) is 81.3 cm³/mol. The number of halogens is 2. The Morgan fingerprint density at radius 1 is 1.22 bits per heavy atom. The third kappa shape index (κ3) is 4.40. The van der Waals surface area contributed by atoms with Gasteiger partial charge in [-0.25, -0.2) is 18.4 Å². The van der Waals surface area contributed by atoms with Crippen molar-refractivity contribution in [2.24, 2.45) is 5.92 Å². The maximum absolute atomic E-state index is 13.8. The molecule has 1 fully saturated rings. The first-order chi connectivity index (χ1) is 10.9. The average molecular weight is 326 g/mol. The van der Waals surface area contributed by atoms with Crippen molar-refractivity contribution in [1.82, 2.24) is 5.32 Å². The van der Waals surface area contributed by atoms with Gasteiger partial charge in [0.1, 0.15) is 11.6 Å². The van der Waals surface area contributed by atoms with Crippen LogP contribution >= 0.6 is 0 Å². The molecule has 0 heterocycles. The Morgan fingerprint density at radius 3 is 2.61 bits per heavy atom. The largest absolute Gasteiger partial charge is 0.465 e. The zero-order valence-corrected chi connectivity index (χ0v) is 13.1. The van der Waals surface area contributed by atoms with Crippen molar-refractivity contribution in [3.05, 3.63) is 29.3 Å². The fraction of sp³-hybridized carbons (Fsp3) is 0.500. The van der Waals surface area contributed by atoms with Crippen LogP contribution in [-0.2, 0) is 4.74 Å². The Balaban J connectivity index is 2.06. The Labute approximate surface area is 133 Å². The van der Waals surface area contributed by atoms with Gasteiger partial charge in [0.2, 0.25) is 0 Å². The van der Waals surface area contributed by atoms with Crippen molar-refractivity contribution in [2.75, 3.05) is 12.4 Å². The fourth-order valence-corrected chi connectivity index (χ4v) is 2.82. The zero-order valence-electron chi connectivity index (χ0n) is 13.1. The van der Waals surface area contributed by atoms with E-state index in [2.05, 4.69) is 22.3 Å². The second-order valence-electron chi connectivity index (χ2n) is 5.87. The molecule has 1 aromatic carbocycles. The molecule has 0 saturated heterocycles. The molecule has 0 aromatic heterocycles. The second-order valence-corrected chi connectivity index (χ2v) is 5.87. The molecule has 1 aliphatic rings. The highest BCUT2D eigenvalue weighted by molar-refractivity contribution is 5.94. The number of carbonyl (C=O) groups is 2. The summed E-state index contributed by atoms with van der Waals surface area (Å²) in [5, 5.41) is 5.10. The van der Waals surface area contributed by atoms with E-state index < -0.39 is 29.2 Å². The summed E-state index contributed by atoms with van der Waals surface area (Å²) in [7, 11) is 1.09. The standard InChI is InChI=1S/C16H20F2N2O3/c1-9-4-3-5-10(6-9)19-16(22)20-14-7-11(15(21)23-2)12(17)8-13(14)18/h7-10H,3-6H2,1-2H3,(H2,19,20,22). The lowest BCUT2D eigenvalue weighted by Gasteiger charge is -2.27. The summed E-state index contributed by atoms with van der Waals surface area (Å²) in [5.74, 6) is -2.40. The van der Waals surface area contributed by atoms with Crippen molar-refractivity contribution in [3.63, 3.8) is 0 Å². The third-order valence-electron chi connectivity index (χ3n) is 3.98. The number of rotatable bonds is 3. The number of nitrogens with one attached hydrogen (secondary N) is 2. The fourth-order valence-electron chi connectivity index (χ4n) is 2.82. The molecule has 2 atom stereocenters. The second kappa shape index (κ2) is 7.39. The maximum Gasteiger partial charge on any atom is 0.340 e. The molecule has 7 heteroatoms. The average Bonchev–Trinajstić information content (AvgIpc) is 2.49. The molecule has 126 valence electrons. The number of esters is 1. The summed E-state index contributed by atoms with van der Waals surface area (Å²) in [5.41, 5.74) is -0.705. The van der Waals surface area contributed by atoms with E-state index in [-0.39, 0.29) is 11.7 Å². The van der Waals surface area contributed by atoms with Gasteiger partial charge in [0.05, 0.1) is 18.4 Å². The summed E-state index contributed by atoms with van der Waals surface area (Å²) in [6.07, 6.45) is 3.90. The van der Waals surface area contributed by atoms with Crippen molar-refractivity contribution in [1.29, 1.82) is 0 Å². The van der Waals surface area contributed by atoms with E-state index in [1.165, 1.54) is 0 Å². The van der Waals surface area contributed by atoms with Gasteiger partial charge in [-0.05, 0) is 24.8 Å². The SMILES string of the molecule is COC(=O)c1cc(NC(=O)NC2CCCC(C)C2)c(F)cc1F. The van der Waals surface area contributed by atoms with Gasteiger partial charge in [-0.1, -0.05) is 19.8 Å². The van der Waals surface area contributed by atoms with Crippen LogP contribution in [-0.4, -0.2) is 25.2 Å². The van der Waals surface area contributed by atoms with Gasteiger partial charge >= 0.3 is 12.0 Å². The number of amides is 2. The molecule has 0 spiro atoms. The van der Waals surface area contributed by atoms with E-state index in [1.54, 1.807) is 0 Å². The molecular formula is C16H20F2N2O3. The molecule has 0 bridgehead atoms. The number of urea groups is 1. The van der Waals surface area contributed by atoms with Crippen molar-refractivity contribution in [3.8, 4) is 0 Å². The number of hydrogen-bond acceptors (Lipinski definition) is 3. The molecule has 1 aliphatic carbocycles. The van der Waals surface area contributed by atoms with Crippen LogP contribution in [0.4, 0.5) is 19.3 Å². The normalized spacial score (nSPS) is 20.7. The minimum Gasteiger partial charge on any atom is -0.465 e. The third-order valence-corrected chi connectivity index (χ3v) is 3.98. The van der Waals surface area contributed by atoms with E-state index >= 15 is 0 Å². The van der Waals surface area contributed by atoms with Gasteiger partial charge < -0.3 is 15.4 Å². The monoisotopic (exact) mass is 326 g/mol. The lowest BCUT2D eigenvalue weighted by molar-refractivity contribution is 0.0595. The molecule has 1 saturated carbocycles. The van der Waals surface area contributed by atoms with Gasteiger partial charge in [0.25, 0.3) is 0 Å². The Morgan fingerprint density at radius 2 is 1.96 bits per heavy atom. The zero-order chi connectivity index (χ0) is 17.0.